The standard InChI is InChI=1S/C16H18BrNO2/c1-8(2)10-5-11-12(16(19)20)7-14(9(3)4)18-15(11)13(17)6-10/h5-9H,1-4H3,(H,19,20). The summed E-state index contributed by atoms with van der Waals surface area (Å²) in [5.41, 5.74) is 2.94. The van der Waals surface area contributed by atoms with E-state index in [0.29, 0.717) is 16.9 Å². The highest BCUT2D eigenvalue weighted by Gasteiger charge is 2.16. The molecule has 106 valence electrons. The molecule has 0 amide bonds. The number of hydrogen-bond donors (Lipinski definition) is 1. The number of carboxylic acid groups (broad SMARTS) is 1. The molecule has 0 bridgehead atoms. The maximum Gasteiger partial charge on any atom is 0.336 e. The molecular formula is C16H18BrNO2. The fourth-order valence-corrected chi connectivity index (χ4v) is 2.70. The minimum absolute atomic E-state index is 0.189. The molecule has 0 aliphatic heterocycles. The van der Waals surface area contributed by atoms with Gasteiger partial charge in [0, 0.05) is 15.6 Å². The molecule has 0 fully saturated rings. The van der Waals surface area contributed by atoms with Crippen molar-refractivity contribution in [1.29, 1.82) is 0 Å². The number of carboxylic acids is 1. The topological polar surface area (TPSA) is 50.2 Å². The summed E-state index contributed by atoms with van der Waals surface area (Å²) < 4.78 is 0.851. The first-order valence-corrected chi connectivity index (χ1v) is 7.48. The Morgan fingerprint density at radius 2 is 1.80 bits per heavy atom. The van der Waals surface area contributed by atoms with E-state index in [0.717, 1.165) is 21.2 Å². The third-order valence-electron chi connectivity index (χ3n) is 3.40. The van der Waals surface area contributed by atoms with E-state index < -0.39 is 5.97 Å². The van der Waals surface area contributed by atoms with Gasteiger partial charge in [-0.25, -0.2) is 4.79 Å². The first-order chi connectivity index (χ1) is 9.31. The van der Waals surface area contributed by atoms with Crippen molar-refractivity contribution < 1.29 is 9.90 Å². The first-order valence-electron chi connectivity index (χ1n) is 6.68. The molecule has 1 aromatic carbocycles. The Bertz CT molecular complexity index is 678. The zero-order chi connectivity index (χ0) is 15.0. The van der Waals surface area contributed by atoms with Gasteiger partial charge in [-0.15, -0.1) is 0 Å². The fourth-order valence-electron chi connectivity index (χ4n) is 2.13. The lowest BCUT2D eigenvalue weighted by molar-refractivity contribution is 0.0699. The van der Waals surface area contributed by atoms with Crippen LogP contribution in [0.15, 0.2) is 22.7 Å². The Morgan fingerprint density at radius 3 is 2.30 bits per heavy atom. The van der Waals surface area contributed by atoms with Gasteiger partial charge in [-0.3, -0.25) is 4.98 Å². The molecule has 1 aromatic heterocycles. The zero-order valence-electron chi connectivity index (χ0n) is 12.1. The van der Waals surface area contributed by atoms with Gasteiger partial charge in [0.25, 0.3) is 0 Å². The van der Waals surface area contributed by atoms with Crippen LogP contribution in [0.5, 0.6) is 0 Å². The van der Waals surface area contributed by atoms with E-state index in [1.807, 2.05) is 26.0 Å². The number of aromatic nitrogens is 1. The summed E-state index contributed by atoms with van der Waals surface area (Å²) in [6.45, 7) is 8.19. The van der Waals surface area contributed by atoms with Crippen LogP contribution in [0.2, 0.25) is 0 Å². The van der Waals surface area contributed by atoms with Crippen LogP contribution in [0.25, 0.3) is 10.9 Å². The number of pyridine rings is 1. The highest BCUT2D eigenvalue weighted by Crippen LogP contribution is 2.31. The van der Waals surface area contributed by atoms with Gasteiger partial charge in [0.15, 0.2) is 0 Å². The smallest absolute Gasteiger partial charge is 0.336 e. The van der Waals surface area contributed by atoms with Gasteiger partial charge in [0.2, 0.25) is 0 Å². The lowest BCUT2D eigenvalue weighted by Crippen LogP contribution is -2.04. The largest absolute Gasteiger partial charge is 0.478 e. The molecule has 0 saturated heterocycles. The van der Waals surface area contributed by atoms with Crippen molar-refractivity contribution in [1.82, 2.24) is 4.98 Å². The summed E-state index contributed by atoms with van der Waals surface area (Å²) in [5.74, 6) is -0.386. The average molecular weight is 336 g/mol. The van der Waals surface area contributed by atoms with Crippen LogP contribution in [0, 0.1) is 0 Å². The molecule has 0 aliphatic carbocycles. The molecule has 2 aromatic rings. The Morgan fingerprint density at radius 1 is 1.15 bits per heavy atom. The van der Waals surface area contributed by atoms with E-state index in [1.165, 1.54) is 0 Å². The van der Waals surface area contributed by atoms with Crippen molar-refractivity contribution in [3.05, 3.63) is 39.5 Å². The van der Waals surface area contributed by atoms with Crippen molar-refractivity contribution in [3.8, 4) is 0 Å². The molecule has 3 nitrogen and oxygen atoms in total. The van der Waals surface area contributed by atoms with Crippen LogP contribution < -0.4 is 0 Å². The Labute approximate surface area is 127 Å². The second-order valence-corrected chi connectivity index (χ2v) is 6.46. The maximum atomic E-state index is 11.5. The lowest BCUT2D eigenvalue weighted by Gasteiger charge is -2.13. The molecule has 0 aliphatic rings. The van der Waals surface area contributed by atoms with Crippen molar-refractivity contribution in [2.45, 2.75) is 39.5 Å². The van der Waals surface area contributed by atoms with E-state index in [1.54, 1.807) is 6.07 Å². The Balaban J connectivity index is 2.86. The number of aromatic carboxylic acids is 1. The number of halogens is 1. The van der Waals surface area contributed by atoms with Gasteiger partial charge >= 0.3 is 5.97 Å². The highest BCUT2D eigenvalue weighted by molar-refractivity contribution is 9.10. The van der Waals surface area contributed by atoms with Gasteiger partial charge in [-0.2, -0.15) is 0 Å². The quantitative estimate of drug-likeness (QED) is 0.863. The van der Waals surface area contributed by atoms with Gasteiger partial charge in [0.05, 0.1) is 11.1 Å². The average Bonchev–Trinajstić information content (AvgIpc) is 2.36. The number of hydrogen-bond acceptors (Lipinski definition) is 2. The molecule has 0 unspecified atom stereocenters. The third kappa shape index (κ3) is 2.70. The van der Waals surface area contributed by atoms with Gasteiger partial charge < -0.3 is 5.11 Å². The van der Waals surface area contributed by atoms with E-state index in [9.17, 15) is 9.90 Å². The second kappa shape index (κ2) is 5.52. The van der Waals surface area contributed by atoms with Crippen LogP contribution in [-0.4, -0.2) is 16.1 Å². The monoisotopic (exact) mass is 335 g/mol. The predicted molar refractivity (Wildman–Crippen MR) is 84.6 cm³/mol. The normalized spacial score (nSPS) is 11.6. The summed E-state index contributed by atoms with van der Waals surface area (Å²) in [6.07, 6.45) is 0. The van der Waals surface area contributed by atoms with E-state index >= 15 is 0 Å². The van der Waals surface area contributed by atoms with Crippen molar-refractivity contribution in [2.75, 3.05) is 0 Å². The SMILES string of the molecule is CC(C)c1cc(Br)c2nc(C(C)C)cc(C(=O)O)c2c1. The van der Waals surface area contributed by atoms with E-state index in [4.69, 9.17) is 0 Å². The number of nitrogens with zero attached hydrogens (tertiary/aromatic N) is 1. The Kier molecular flexibility index (Phi) is 4.14. The summed E-state index contributed by atoms with van der Waals surface area (Å²) in [6, 6.07) is 5.65. The van der Waals surface area contributed by atoms with Crippen molar-refractivity contribution in [2.24, 2.45) is 0 Å². The second-order valence-electron chi connectivity index (χ2n) is 5.61. The number of benzene rings is 1. The molecule has 0 radical (unpaired) electrons. The van der Waals surface area contributed by atoms with Crippen LogP contribution in [-0.2, 0) is 0 Å². The van der Waals surface area contributed by atoms with E-state index in [-0.39, 0.29) is 5.92 Å². The summed E-state index contributed by atoms with van der Waals surface area (Å²) in [5, 5.41) is 10.2. The number of rotatable bonds is 3. The molecule has 1 heterocycles. The molecule has 2 rings (SSSR count). The van der Waals surface area contributed by atoms with Gasteiger partial charge in [-0.1, -0.05) is 27.7 Å². The van der Waals surface area contributed by atoms with Crippen LogP contribution in [0.3, 0.4) is 0 Å². The van der Waals surface area contributed by atoms with Gasteiger partial charge in [0.1, 0.15) is 0 Å². The van der Waals surface area contributed by atoms with E-state index in [2.05, 4.69) is 34.8 Å². The molecule has 0 saturated carbocycles. The fraction of sp³-hybridized carbons (Fsp3) is 0.375. The van der Waals surface area contributed by atoms with Crippen LogP contribution in [0.4, 0.5) is 0 Å². The van der Waals surface area contributed by atoms with Crippen molar-refractivity contribution in [3.63, 3.8) is 0 Å². The maximum absolute atomic E-state index is 11.5. The minimum atomic E-state index is -0.910. The molecule has 1 N–H and O–H groups in total. The highest BCUT2D eigenvalue weighted by atomic mass is 79.9. The van der Waals surface area contributed by atoms with Crippen LogP contribution in [0.1, 0.15) is 61.1 Å². The summed E-state index contributed by atoms with van der Waals surface area (Å²) in [4.78, 5) is 16.1. The number of carbonyl (C=O) groups is 1. The first kappa shape index (κ1) is 15.0. The molecular weight excluding hydrogens is 318 g/mol. The summed E-state index contributed by atoms with van der Waals surface area (Å²) in [7, 11) is 0. The predicted octanol–water partition coefficient (Wildman–Crippen LogP) is 4.94. The third-order valence-corrected chi connectivity index (χ3v) is 4.00. The summed E-state index contributed by atoms with van der Waals surface area (Å²) >= 11 is 3.53. The Hall–Kier alpha value is -1.42. The minimum Gasteiger partial charge on any atom is -0.478 e. The lowest BCUT2D eigenvalue weighted by atomic mass is 9.97. The molecule has 20 heavy (non-hydrogen) atoms. The molecule has 0 spiro atoms. The number of fused-ring (bicyclic) bond motifs is 1. The van der Waals surface area contributed by atoms with Gasteiger partial charge in [-0.05, 0) is 51.5 Å². The molecule has 4 heteroatoms. The molecule has 0 atom stereocenters. The zero-order valence-corrected chi connectivity index (χ0v) is 13.7. The van der Waals surface area contributed by atoms with Crippen LogP contribution >= 0.6 is 15.9 Å². The van der Waals surface area contributed by atoms with Crippen molar-refractivity contribution >= 4 is 32.8 Å².